The van der Waals surface area contributed by atoms with Gasteiger partial charge in [0, 0.05) is 51.7 Å². The van der Waals surface area contributed by atoms with Crippen molar-refractivity contribution in [2.75, 3.05) is 27.4 Å². The van der Waals surface area contributed by atoms with Crippen molar-refractivity contribution < 1.29 is 19.0 Å². The molecular formula is C14H25NO4. The van der Waals surface area contributed by atoms with Crippen LogP contribution in [0.2, 0.25) is 0 Å². The van der Waals surface area contributed by atoms with Crippen LogP contribution in [0.3, 0.4) is 0 Å². The Balaban J connectivity index is 1.97. The largest absolute Gasteiger partial charge is 0.381 e. The van der Waals surface area contributed by atoms with Crippen molar-refractivity contribution in [1.82, 2.24) is 5.32 Å². The van der Waals surface area contributed by atoms with Crippen LogP contribution in [0.1, 0.15) is 33.1 Å². The second kappa shape index (κ2) is 5.38. The number of hydrogen-bond acceptors (Lipinski definition) is 4. The number of hydrogen-bond donors (Lipinski definition) is 1. The number of methoxy groups -OCH3 is 2. The molecule has 1 amide bonds. The summed E-state index contributed by atoms with van der Waals surface area (Å²) in [5, 5.41) is 3.13. The van der Waals surface area contributed by atoms with E-state index < -0.39 is 5.60 Å². The van der Waals surface area contributed by atoms with E-state index in [2.05, 4.69) is 19.2 Å². The summed E-state index contributed by atoms with van der Waals surface area (Å²) in [6, 6.07) is 0.153. The van der Waals surface area contributed by atoms with Gasteiger partial charge in [-0.15, -0.1) is 0 Å². The first-order valence-electron chi connectivity index (χ1n) is 6.93. The third-order valence-corrected chi connectivity index (χ3v) is 4.87. The van der Waals surface area contributed by atoms with Crippen LogP contribution in [-0.4, -0.2) is 51.1 Å². The lowest BCUT2D eigenvalue weighted by molar-refractivity contribution is -0.162. The number of rotatable bonds is 4. The van der Waals surface area contributed by atoms with Crippen molar-refractivity contribution in [1.29, 1.82) is 0 Å². The Hall–Kier alpha value is -0.650. The van der Waals surface area contributed by atoms with Gasteiger partial charge in [-0.3, -0.25) is 4.79 Å². The zero-order valence-corrected chi connectivity index (χ0v) is 12.3. The number of carbonyl (C=O) groups is 1. The molecule has 0 radical (unpaired) electrons. The van der Waals surface area contributed by atoms with Crippen molar-refractivity contribution >= 4 is 5.91 Å². The molecule has 5 nitrogen and oxygen atoms in total. The predicted molar refractivity (Wildman–Crippen MR) is 70.9 cm³/mol. The van der Waals surface area contributed by atoms with Crippen LogP contribution in [0.4, 0.5) is 0 Å². The quantitative estimate of drug-likeness (QED) is 0.832. The molecule has 2 unspecified atom stereocenters. The van der Waals surface area contributed by atoms with Gasteiger partial charge in [-0.1, -0.05) is 13.8 Å². The van der Waals surface area contributed by atoms with Gasteiger partial charge in [0.2, 0.25) is 0 Å². The molecule has 0 aromatic carbocycles. The average molecular weight is 271 g/mol. The molecule has 110 valence electrons. The molecule has 1 aliphatic heterocycles. The minimum absolute atomic E-state index is 0.00840. The van der Waals surface area contributed by atoms with E-state index in [-0.39, 0.29) is 23.5 Å². The maximum Gasteiger partial charge on any atom is 0.252 e. The smallest absolute Gasteiger partial charge is 0.252 e. The summed E-state index contributed by atoms with van der Waals surface area (Å²) in [5.74, 6) is -0.00840. The molecule has 1 saturated carbocycles. The summed E-state index contributed by atoms with van der Waals surface area (Å²) < 4.78 is 16.2. The third-order valence-electron chi connectivity index (χ3n) is 4.87. The number of nitrogens with one attached hydrogen (secondary N) is 1. The highest BCUT2D eigenvalue weighted by Gasteiger charge is 2.51. The van der Waals surface area contributed by atoms with Gasteiger partial charge in [-0.05, 0) is 6.42 Å². The zero-order chi connectivity index (χ0) is 14.1. The van der Waals surface area contributed by atoms with Gasteiger partial charge in [0.05, 0.1) is 6.10 Å². The number of ether oxygens (including phenoxy) is 3. The van der Waals surface area contributed by atoms with Gasteiger partial charge in [0.15, 0.2) is 5.60 Å². The van der Waals surface area contributed by atoms with Crippen molar-refractivity contribution in [3.8, 4) is 0 Å². The Labute approximate surface area is 115 Å². The van der Waals surface area contributed by atoms with Crippen molar-refractivity contribution in [2.24, 2.45) is 5.41 Å². The molecule has 2 fully saturated rings. The molecule has 2 rings (SSSR count). The van der Waals surface area contributed by atoms with Crippen LogP contribution in [0, 0.1) is 5.41 Å². The SMILES string of the molecule is COC1CC(NC(=O)C2(OC)CCOCC2)C1(C)C. The fourth-order valence-electron chi connectivity index (χ4n) is 3.05. The highest BCUT2D eigenvalue weighted by molar-refractivity contribution is 5.85. The Morgan fingerprint density at radius 1 is 1.26 bits per heavy atom. The zero-order valence-electron chi connectivity index (χ0n) is 12.3. The first-order valence-corrected chi connectivity index (χ1v) is 6.93. The van der Waals surface area contributed by atoms with Crippen molar-refractivity contribution in [3.05, 3.63) is 0 Å². The maximum atomic E-state index is 12.5. The molecule has 0 aromatic heterocycles. The number of amides is 1. The first kappa shape index (κ1) is 14.8. The summed E-state index contributed by atoms with van der Waals surface area (Å²) in [5.41, 5.74) is -0.739. The number of carbonyl (C=O) groups excluding carboxylic acids is 1. The lowest BCUT2D eigenvalue weighted by atomic mass is 9.64. The predicted octanol–water partition coefficient (Wildman–Crippen LogP) is 1.11. The summed E-state index contributed by atoms with van der Waals surface area (Å²) in [6.07, 6.45) is 2.32. The van der Waals surface area contributed by atoms with Gasteiger partial charge in [-0.25, -0.2) is 0 Å². The average Bonchev–Trinajstić information content (AvgIpc) is 2.43. The van der Waals surface area contributed by atoms with Crippen LogP contribution in [-0.2, 0) is 19.0 Å². The minimum atomic E-state index is -0.716. The molecule has 1 heterocycles. The Kier molecular flexibility index (Phi) is 4.18. The standard InChI is InChI=1S/C14H25NO4/c1-13(2)10(9-11(13)17-3)15-12(16)14(18-4)5-7-19-8-6-14/h10-11H,5-9H2,1-4H3,(H,15,16). The monoisotopic (exact) mass is 271 g/mol. The van der Waals surface area contributed by atoms with E-state index in [1.54, 1.807) is 14.2 Å². The Bertz CT molecular complexity index is 336. The van der Waals surface area contributed by atoms with Gasteiger partial charge >= 0.3 is 0 Å². The first-order chi connectivity index (χ1) is 8.96. The molecule has 0 bridgehead atoms. The molecule has 1 N–H and O–H groups in total. The second-order valence-corrected chi connectivity index (χ2v) is 6.12. The normalized spacial score (nSPS) is 32.4. The van der Waals surface area contributed by atoms with E-state index in [9.17, 15) is 4.79 Å². The third kappa shape index (κ3) is 2.51. The van der Waals surface area contributed by atoms with Crippen LogP contribution < -0.4 is 5.32 Å². The fraction of sp³-hybridized carbons (Fsp3) is 0.929. The molecule has 19 heavy (non-hydrogen) atoms. The Morgan fingerprint density at radius 2 is 1.89 bits per heavy atom. The van der Waals surface area contributed by atoms with Crippen molar-refractivity contribution in [2.45, 2.75) is 50.9 Å². The van der Waals surface area contributed by atoms with Crippen LogP contribution in [0.5, 0.6) is 0 Å². The highest BCUT2D eigenvalue weighted by Crippen LogP contribution is 2.42. The summed E-state index contributed by atoms with van der Waals surface area (Å²) in [6.45, 7) is 5.41. The van der Waals surface area contributed by atoms with Crippen LogP contribution >= 0.6 is 0 Å². The molecule has 0 aromatic rings. The van der Waals surface area contributed by atoms with Gasteiger partial charge in [0.25, 0.3) is 5.91 Å². The second-order valence-electron chi connectivity index (χ2n) is 6.12. The summed E-state index contributed by atoms with van der Waals surface area (Å²) >= 11 is 0. The molecular weight excluding hydrogens is 246 g/mol. The van der Waals surface area contributed by atoms with Gasteiger partial charge in [0.1, 0.15) is 0 Å². The minimum Gasteiger partial charge on any atom is -0.381 e. The molecule has 2 atom stereocenters. The molecule has 2 aliphatic rings. The molecule has 1 aliphatic carbocycles. The molecule has 1 saturated heterocycles. The van der Waals surface area contributed by atoms with Crippen LogP contribution in [0.25, 0.3) is 0 Å². The topological polar surface area (TPSA) is 56.8 Å². The van der Waals surface area contributed by atoms with E-state index in [1.165, 1.54) is 0 Å². The van der Waals surface area contributed by atoms with Crippen molar-refractivity contribution in [3.63, 3.8) is 0 Å². The lowest BCUT2D eigenvalue weighted by Crippen LogP contribution is -2.65. The maximum absolute atomic E-state index is 12.5. The van der Waals surface area contributed by atoms with E-state index in [4.69, 9.17) is 14.2 Å². The van der Waals surface area contributed by atoms with E-state index >= 15 is 0 Å². The summed E-state index contributed by atoms with van der Waals surface area (Å²) in [4.78, 5) is 12.5. The Morgan fingerprint density at radius 3 is 2.37 bits per heavy atom. The lowest BCUT2D eigenvalue weighted by Gasteiger charge is -2.52. The van der Waals surface area contributed by atoms with E-state index in [0.29, 0.717) is 26.1 Å². The molecule has 5 heteroatoms. The highest BCUT2D eigenvalue weighted by atomic mass is 16.5. The van der Waals surface area contributed by atoms with E-state index in [1.807, 2.05) is 0 Å². The molecule has 0 spiro atoms. The van der Waals surface area contributed by atoms with Crippen LogP contribution in [0.15, 0.2) is 0 Å². The van der Waals surface area contributed by atoms with E-state index in [0.717, 1.165) is 6.42 Å². The van der Waals surface area contributed by atoms with Gasteiger partial charge in [-0.2, -0.15) is 0 Å². The fourth-order valence-corrected chi connectivity index (χ4v) is 3.05. The summed E-state index contributed by atoms with van der Waals surface area (Å²) in [7, 11) is 3.33. The van der Waals surface area contributed by atoms with Gasteiger partial charge < -0.3 is 19.5 Å².